The first-order valence-electron chi connectivity index (χ1n) is 8.05. The fraction of sp³-hybridized carbons (Fsp3) is 0.500. The number of anilines is 1. The number of hydrogen-bond acceptors (Lipinski definition) is 6. The molecule has 0 spiro atoms. The van der Waals surface area contributed by atoms with Crippen LogP contribution in [0.4, 0.5) is 5.82 Å². The molecule has 25 heavy (non-hydrogen) atoms. The Morgan fingerprint density at radius 2 is 2.08 bits per heavy atom. The molecule has 3 heterocycles. The highest BCUT2D eigenvalue weighted by Gasteiger charge is 2.39. The molecule has 136 valence electrons. The summed E-state index contributed by atoms with van der Waals surface area (Å²) in [7, 11) is -3.92. The Balaban J connectivity index is 1.87. The molecule has 7 nitrogen and oxygen atoms in total. The summed E-state index contributed by atoms with van der Waals surface area (Å²) in [6.07, 6.45) is 4.17. The summed E-state index contributed by atoms with van der Waals surface area (Å²) >= 11 is 6.28. The minimum Gasteiger partial charge on any atom is -0.384 e. The van der Waals surface area contributed by atoms with Crippen molar-refractivity contribution in [3.05, 3.63) is 30.5 Å². The van der Waals surface area contributed by atoms with Crippen molar-refractivity contribution in [2.24, 2.45) is 10.9 Å². The minimum atomic E-state index is -3.92. The van der Waals surface area contributed by atoms with Gasteiger partial charge in [0, 0.05) is 18.3 Å². The van der Waals surface area contributed by atoms with Gasteiger partial charge in [-0.15, -0.1) is 0 Å². The SMILES string of the molecule is CC1CN(C2=N[C@H](Cl)N(S(=O)(=O)c3cccc(N)n3)C=C2)C(C)(C)C1. The molecule has 0 aliphatic carbocycles. The van der Waals surface area contributed by atoms with E-state index in [2.05, 4.69) is 35.6 Å². The number of amidine groups is 1. The molecule has 1 fully saturated rings. The van der Waals surface area contributed by atoms with Crippen molar-refractivity contribution in [1.82, 2.24) is 14.2 Å². The maximum Gasteiger partial charge on any atom is 0.284 e. The summed E-state index contributed by atoms with van der Waals surface area (Å²) in [5.74, 6) is 1.37. The highest BCUT2D eigenvalue weighted by molar-refractivity contribution is 7.89. The number of sulfonamides is 1. The normalized spacial score (nSPS) is 26.0. The van der Waals surface area contributed by atoms with Crippen molar-refractivity contribution in [3.8, 4) is 0 Å². The molecule has 2 aliphatic heterocycles. The minimum absolute atomic E-state index is 0.0460. The van der Waals surface area contributed by atoms with Crippen LogP contribution in [0.3, 0.4) is 0 Å². The molecule has 1 aromatic heterocycles. The van der Waals surface area contributed by atoms with Gasteiger partial charge in [0.15, 0.2) is 5.03 Å². The predicted octanol–water partition coefficient (Wildman–Crippen LogP) is 2.22. The first kappa shape index (κ1) is 18.0. The van der Waals surface area contributed by atoms with E-state index in [1.165, 1.54) is 24.4 Å². The maximum absolute atomic E-state index is 12.7. The Hall–Kier alpha value is -1.80. The summed E-state index contributed by atoms with van der Waals surface area (Å²) in [6, 6.07) is 4.44. The van der Waals surface area contributed by atoms with E-state index >= 15 is 0 Å². The van der Waals surface area contributed by atoms with E-state index in [1.807, 2.05) is 0 Å². The fourth-order valence-electron chi connectivity index (χ4n) is 3.45. The summed E-state index contributed by atoms with van der Waals surface area (Å²) in [4.78, 5) is 10.5. The second kappa shape index (κ2) is 6.17. The lowest BCUT2D eigenvalue weighted by atomic mass is 9.97. The summed E-state index contributed by atoms with van der Waals surface area (Å²) in [5, 5.41) is -0.156. The molecule has 1 unspecified atom stereocenters. The number of alkyl halides is 1. The zero-order chi connectivity index (χ0) is 18.4. The highest BCUT2D eigenvalue weighted by Crippen LogP contribution is 2.34. The Bertz CT molecular complexity index is 837. The van der Waals surface area contributed by atoms with Gasteiger partial charge in [0.1, 0.15) is 11.7 Å². The van der Waals surface area contributed by atoms with E-state index in [0.29, 0.717) is 11.8 Å². The van der Waals surface area contributed by atoms with Crippen molar-refractivity contribution in [1.29, 1.82) is 0 Å². The third kappa shape index (κ3) is 3.32. The van der Waals surface area contributed by atoms with Gasteiger partial charge in [-0.3, -0.25) is 0 Å². The summed E-state index contributed by atoms with van der Waals surface area (Å²) < 4.78 is 26.5. The quantitative estimate of drug-likeness (QED) is 0.624. The van der Waals surface area contributed by atoms with Gasteiger partial charge in [0.2, 0.25) is 5.62 Å². The van der Waals surface area contributed by atoms with Gasteiger partial charge in [-0.1, -0.05) is 24.6 Å². The molecule has 3 rings (SSSR count). The Morgan fingerprint density at radius 1 is 1.36 bits per heavy atom. The van der Waals surface area contributed by atoms with Crippen LogP contribution in [0, 0.1) is 5.92 Å². The van der Waals surface area contributed by atoms with Gasteiger partial charge in [-0.2, -0.15) is 8.42 Å². The van der Waals surface area contributed by atoms with E-state index in [1.54, 1.807) is 6.08 Å². The number of nitrogen functional groups attached to an aromatic ring is 1. The third-order valence-electron chi connectivity index (χ3n) is 4.46. The average molecular weight is 384 g/mol. The van der Waals surface area contributed by atoms with Crippen molar-refractivity contribution in [3.63, 3.8) is 0 Å². The second-order valence-corrected chi connectivity index (χ2v) is 9.26. The molecule has 0 radical (unpaired) electrons. The van der Waals surface area contributed by atoms with Crippen LogP contribution in [0.1, 0.15) is 27.2 Å². The number of rotatable bonds is 2. The number of halogens is 1. The van der Waals surface area contributed by atoms with Crippen molar-refractivity contribution in [2.45, 2.75) is 43.4 Å². The average Bonchev–Trinajstić information content (AvgIpc) is 2.79. The number of likely N-dealkylation sites (tertiary alicyclic amines) is 1. The van der Waals surface area contributed by atoms with Crippen LogP contribution in [0.25, 0.3) is 0 Å². The second-order valence-electron chi connectivity index (χ2n) is 7.08. The lowest BCUT2D eigenvalue weighted by molar-refractivity contribution is 0.279. The van der Waals surface area contributed by atoms with E-state index in [4.69, 9.17) is 17.3 Å². The number of aliphatic imine (C=N–C) groups is 1. The molecular weight excluding hydrogens is 362 g/mol. The van der Waals surface area contributed by atoms with Crippen LogP contribution in [0.15, 0.2) is 40.5 Å². The first-order chi connectivity index (χ1) is 11.6. The molecule has 0 amide bonds. The molecule has 0 saturated carbocycles. The van der Waals surface area contributed by atoms with Crippen molar-refractivity contribution < 1.29 is 8.42 Å². The van der Waals surface area contributed by atoms with Crippen molar-refractivity contribution in [2.75, 3.05) is 12.3 Å². The van der Waals surface area contributed by atoms with Gasteiger partial charge in [0.05, 0.1) is 0 Å². The Morgan fingerprint density at radius 3 is 2.64 bits per heavy atom. The van der Waals surface area contributed by atoms with E-state index in [9.17, 15) is 8.42 Å². The molecule has 0 bridgehead atoms. The van der Waals surface area contributed by atoms with Crippen molar-refractivity contribution >= 4 is 33.3 Å². The Kier molecular flexibility index (Phi) is 4.45. The molecule has 2 aliphatic rings. The largest absolute Gasteiger partial charge is 0.384 e. The number of nitrogens with zero attached hydrogens (tertiary/aromatic N) is 4. The zero-order valence-electron chi connectivity index (χ0n) is 14.4. The number of nitrogens with two attached hydrogens (primary N) is 1. The van der Waals surface area contributed by atoms with Crippen LogP contribution in [0.2, 0.25) is 0 Å². The zero-order valence-corrected chi connectivity index (χ0v) is 16.0. The standard InChI is InChI=1S/C16H22ClN5O2S/c1-11-9-16(2,3)21(10-11)13-7-8-22(15(17)20-13)25(23,24)14-6-4-5-12(18)19-14/h4-8,11,15H,9-10H2,1-3H3,(H2,18,19)/t11?,15-/m0/s1. The van der Waals surface area contributed by atoms with Crippen LogP contribution in [-0.2, 0) is 10.0 Å². The van der Waals surface area contributed by atoms with E-state index < -0.39 is 15.6 Å². The molecule has 0 aromatic carbocycles. The highest BCUT2D eigenvalue weighted by atomic mass is 35.5. The van der Waals surface area contributed by atoms with E-state index in [-0.39, 0.29) is 16.4 Å². The maximum atomic E-state index is 12.7. The monoisotopic (exact) mass is 383 g/mol. The fourth-order valence-corrected chi connectivity index (χ4v) is 5.11. The van der Waals surface area contributed by atoms with Gasteiger partial charge in [0.25, 0.3) is 10.0 Å². The molecule has 1 saturated heterocycles. The van der Waals surface area contributed by atoms with Crippen LogP contribution < -0.4 is 5.73 Å². The predicted molar refractivity (Wildman–Crippen MR) is 98.5 cm³/mol. The van der Waals surface area contributed by atoms with Gasteiger partial charge in [-0.25, -0.2) is 14.3 Å². The number of aromatic nitrogens is 1. The topological polar surface area (TPSA) is 91.9 Å². The van der Waals surface area contributed by atoms with Gasteiger partial charge < -0.3 is 10.6 Å². The molecular formula is C16H22ClN5O2S. The molecule has 2 atom stereocenters. The first-order valence-corrected chi connectivity index (χ1v) is 9.93. The Labute approximate surface area is 153 Å². The lowest BCUT2D eigenvalue weighted by Crippen LogP contribution is -2.45. The smallest absolute Gasteiger partial charge is 0.284 e. The molecule has 1 aromatic rings. The number of hydrogen-bond donors (Lipinski definition) is 1. The molecule has 9 heteroatoms. The van der Waals surface area contributed by atoms with E-state index in [0.717, 1.165) is 17.3 Å². The molecule has 2 N–H and O–H groups in total. The van der Waals surface area contributed by atoms with Crippen LogP contribution in [-0.4, -0.2) is 46.2 Å². The van der Waals surface area contributed by atoms with Gasteiger partial charge in [-0.05, 0) is 44.4 Å². The summed E-state index contributed by atoms with van der Waals surface area (Å²) in [6.45, 7) is 7.35. The summed E-state index contributed by atoms with van der Waals surface area (Å²) in [5.41, 5.74) is 4.47. The third-order valence-corrected chi connectivity index (χ3v) is 6.51. The van der Waals surface area contributed by atoms with Gasteiger partial charge >= 0.3 is 0 Å². The van der Waals surface area contributed by atoms with Crippen LogP contribution in [0.5, 0.6) is 0 Å². The number of pyridine rings is 1. The van der Waals surface area contributed by atoms with Crippen LogP contribution >= 0.6 is 11.6 Å². The lowest BCUT2D eigenvalue weighted by Gasteiger charge is -2.36.